The third-order valence-electron chi connectivity index (χ3n) is 4.58. The van der Waals surface area contributed by atoms with Crippen LogP contribution in [0, 0.1) is 0 Å². The molecule has 0 spiro atoms. The van der Waals surface area contributed by atoms with Crippen molar-refractivity contribution in [2.24, 2.45) is 0 Å². The van der Waals surface area contributed by atoms with E-state index in [1.807, 2.05) is 12.2 Å². The van der Waals surface area contributed by atoms with Crippen molar-refractivity contribution >= 4 is 17.7 Å². The van der Waals surface area contributed by atoms with Gasteiger partial charge in [0.2, 0.25) is 0 Å². The fraction of sp³-hybridized carbons (Fsp3) is 0.522. The molecule has 0 heterocycles. The van der Waals surface area contributed by atoms with Gasteiger partial charge in [0.25, 0.3) is 0 Å². The fourth-order valence-corrected chi connectivity index (χ4v) is 3.02. The predicted octanol–water partition coefficient (Wildman–Crippen LogP) is 3.75. The lowest BCUT2D eigenvalue weighted by molar-refractivity contribution is -0.149. The van der Waals surface area contributed by atoms with E-state index in [1.54, 1.807) is 18.2 Å². The van der Waals surface area contributed by atoms with E-state index in [9.17, 15) is 19.5 Å². The summed E-state index contributed by atoms with van der Waals surface area (Å²) < 4.78 is 10.1. The van der Waals surface area contributed by atoms with Crippen molar-refractivity contribution in [3.05, 3.63) is 48.1 Å². The van der Waals surface area contributed by atoms with Gasteiger partial charge >= 0.3 is 11.9 Å². The highest BCUT2D eigenvalue weighted by atomic mass is 16.6. The number of allylic oxidation sites excluding steroid dienone is 4. The molecule has 0 radical (unpaired) electrons. The SMILES string of the molecule is CCCCCC=CCC1(OC(C)=O)C=CC(=O)C1=CC=CC(O)CCC(=O)OC. The van der Waals surface area contributed by atoms with Crippen molar-refractivity contribution in [3.63, 3.8) is 0 Å². The van der Waals surface area contributed by atoms with Gasteiger partial charge < -0.3 is 14.6 Å². The zero-order chi connectivity index (χ0) is 21.7. The van der Waals surface area contributed by atoms with Crippen LogP contribution in [0.2, 0.25) is 0 Å². The molecular formula is C23H32O6. The van der Waals surface area contributed by atoms with Crippen LogP contribution in [0.3, 0.4) is 0 Å². The molecule has 1 aliphatic rings. The zero-order valence-electron chi connectivity index (χ0n) is 17.6. The Labute approximate surface area is 173 Å². The van der Waals surface area contributed by atoms with Gasteiger partial charge in [0.15, 0.2) is 11.4 Å². The zero-order valence-corrected chi connectivity index (χ0v) is 17.6. The van der Waals surface area contributed by atoms with Crippen LogP contribution in [-0.2, 0) is 23.9 Å². The summed E-state index contributed by atoms with van der Waals surface area (Å²) in [6.45, 7) is 3.46. The van der Waals surface area contributed by atoms with Crippen molar-refractivity contribution < 1.29 is 29.0 Å². The number of aliphatic hydroxyl groups excluding tert-OH is 1. The number of carbonyl (C=O) groups excluding carboxylic acids is 3. The van der Waals surface area contributed by atoms with E-state index >= 15 is 0 Å². The van der Waals surface area contributed by atoms with Crippen molar-refractivity contribution in [2.75, 3.05) is 7.11 Å². The first-order valence-corrected chi connectivity index (χ1v) is 10.1. The second-order valence-electron chi connectivity index (χ2n) is 7.00. The van der Waals surface area contributed by atoms with Crippen LogP contribution in [0.15, 0.2) is 48.1 Å². The van der Waals surface area contributed by atoms with Gasteiger partial charge in [-0.15, -0.1) is 0 Å². The first kappa shape index (κ1) is 24.6. The van der Waals surface area contributed by atoms with Gasteiger partial charge in [0.1, 0.15) is 0 Å². The van der Waals surface area contributed by atoms with Crippen LogP contribution in [0.4, 0.5) is 0 Å². The number of rotatable bonds is 12. The van der Waals surface area contributed by atoms with Crippen molar-refractivity contribution in [3.8, 4) is 0 Å². The molecule has 0 fully saturated rings. The predicted molar refractivity (Wildman–Crippen MR) is 111 cm³/mol. The number of hydrogen-bond acceptors (Lipinski definition) is 6. The summed E-state index contributed by atoms with van der Waals surface area (Å²) in [7, 11) is 1.29. The number of hydrogen-bond donors (Lipinski definition) is 1. The molecule has 2 unspecified atom stereocenters. The Morgan fingerprint density at radius 2 is 2.03 bits per heavy atom. The summed E-state index contributed by atoms with van der Waals surface area (Å²) in [6.07, 6.45) is 15.7. The van der Waals surface area contributed by atoms with Crippen LogP contribution in [0.25, 0.3) is 0 Å². The minimum absolute atomic E-state index is 0.0965. The van der Waals surface area contributed by atoms with Gasteiger partial charge in [-0.05, 0) is 31.4 Å². The molecule has 1 N–H and O–H groups in total. The van der Waals surface area contributed by atoms with Crippen molar-refractivity contribution in [1.82, 2.24) is 0 Å². The summed E-state index contributed by atoms with van der Waals surface area (Å²) in [5.74, 6) is -1.11. The second kappa shape index (κ2) is 12.9. The number of ketones is 1. The summed E-state index contributed by atoms with van der Waals surface area (Å²) in [5.41, 5.74) is -0.798. The number of carbonyl (C=O) groups is 3. The number of aliphatic hydroxyl groups is 1. The number of ether oxygens (including phenoxy) is 2. The van der Waals surface area contributed by atoms with Crippen LogP contribution in [0.5, 0.6) is 0 Å². The fourth-order valence-electron chi connectivity index (χ4n) is 3.02. The molecule has 0 saturated heterocycles. The minimum atomic E-state index is -1.13. The topological polar surface area (TPSA) is 89.9 Å². The first-order chi connectivity index (χ1) is 13.8. The molecule has 0 saturated carbocycles. The first-order valence-electron chi connectivity index (χ1n) is 10.1. The largest absolute Gasteiger partial charge is 0.469 e. The molecule has 0 aromatic rings. The van der Waals surface area contributed by atoms with Gasteiger partial charge in [-0.2, -0.15) is 0 Å². The maximum Gasteiger partial charge on any atom is 0.305 e. The van der Waals surface area contributed by atoms with E-state index in [4.69, 9.17) is 4.74 Å². The molecule has 160 valence electrons. The molecule has 6 heteroatoms. The van der Waals surface area contributed by atoms with Crippen LogP contribution >= 0.6 is 0 Å². The Morgan fingerprint density at radius 1 is 1.28 bits per heavy atom. The summed E-state index contributed by atoms with van der Waals surface area (Å²) in [6, 6.07) is 0. The normalized spacial score (nSPS) is 21.4. The Balaban J connectivity index is 2.87. The van der Waals surface area contributed by atoms with Crippen LogP contribution in [0.1, 0.15) is 58.8 Å². The number of unbranched alkanes of at least 4 members (excludes halogenated alkanes) is 3. The standard InChI is InChI=1S/C23H32O6/c1-4-5-6-7-8-9-16-23(29-18(2)24)17-15-21(26)20(23)12-10-11-19(25)13-14-22(27)28-3/h8-12,15,17,19,25H,4-7,13-14,16H2,1-3H3. The van der Waals surface area contributed by atoms with Crippen molar-refractivity contribution in [1.29, 1.82) is 0 Å². The summed E-state index contributed by atoms with van der Waals surface area (Å²) in [4.78, 5) is 35.2. The lowest BCUT2D eigenvalue weighted by atomic mass is 9.91. The Morgan fingerprint density at radius 3 is 2.69 bits per heavy atom. The lowest BCUT2D eigenvalue weighted by Gasteiger charge is -2.27. The van der Waals surface area contributed by atoms with E-state index < -0.39 is 23.6 Å². The van der Waals surface area contributed by atoms with E-state index in [1.165, 1.54) is 26.2 Å². The molecule has 0 aromatic heterocycles. The molecule has 0 aromatic carbocycles. The van der Waals surface area contributed by atoms with Gasteiger partial charge in [0.05, 0.1) is 13.2 Å². The highest BCUT2D eigenvalue weighted by molar-refractivity contribution is 6.09. The maximum atomic E-state index is 12.3. The minimum Gasteiger partial charge on any atom is -0.469 e. The van der Waals surface area contributed by atoms with Crippen molar-refractivity contribution in [2.45, 2.75) is 70.5 Å². The quantitative estimate of drug-likeness (QED) is 0.231. The van der Waals surface area contributed by atoms with Gasteiger partial charge in [-0.1, -0.05) is 50.1 Å². The summed E-state index contributed by atoms with van der Waals surface area (Å²) in [5, 5.41) is 9.93. The molecule has 2 atom stereocenters. The van der Waals surface area contributed by atoms with E-state index in [0.717, 1.165) is 25.7 Å². The molecule has 0 amide bonds. The highest BCUT2D eigenvalue weighted by Crippen LogP contribution is 2.34. The van der Waals surface area contributed by atoms with Gasteiger partial charge in [0, 0.05) is 25.3 Å². The average Bonchev–Trinajstić information content (AvgIpc) is 2.98. The average molecular weight is 405 g/mol. The Kier molecular flexibility index (Phi) is 10.9. The maximum absolute atomic E-state index is 12.3. The second-order valence-corrected chi connectivity index (χ2v) is 7.00. The summed E-state index contributed by atoms with van der Waals surface area (Å²) >= 11 is 0. The third-order valence-corrected chi connectivity index (χ3v) is 4.58. The molecule has 29 heavy (non-hydrogen) atoms. The smallest absolute Gasteiger partial charge is 0.305 e. The van der Waals surface area contributed by atoms with E-state index in [0.29, 0.717) is 12.0 Å². The molecule has 0 aliphatic heterocycles. The Bertz CT molecular complexity index is 685. The van der Waals surface area contributed by atoms with Gasteiger partial charge in [-0.25, -0.2) is 0 Å². The number of methoxy groups -OCH3 is 1. The molecule has 0 bridgehead atoms. The number of esters is 2. The van der Waals surface area contributed by atoms with E-state index in [2.05, 4.69) is 11.7 Å². The van der Waals surface area contributed by atoms with Gasteiger partial charge in [-0.3, -0.25) is 14.4 Å². The molecule has 1 rings (SSSR count). The third kappa shape index (κ3) is 8.60. The lowest BCUT2D eigenvalue weighted by Crippen LogP contribution is -2.33. The highest BCUT2D eigenvalue weighted by Gasteiger charge is 2.41. The van der Waals surface area contributed by atoms with E-state index in [-0.39, 0.29) is 18.6 Å². The molecule has 6 nitrogen and oxygen atoms in total. The van der Waals surface area contributed by atoms with Crippen LogP contribution in [-0.4, -0.2) is 41.6 Å². The monoisotopic (exact) mass is 404 g/mol. The molecule has 1 aliphatic carbocycles. The van der Waals surface area contributed by atoms with Crippen LogP contribution < -0.4 is 0 Å². The Hall–Kier alpha value is -2.47. The molecular weight excluding hydrogens is 372 g/mol.